The molecule has 0 radical (unpaired) electrons. The van der Waals surface area contributed by atoms with Crippen LogP contribution in [-0.2, 0) is 29.6 Å². The third kappa shape index (κ3) is 2.97. The van der Waals surface area contributed by atoms with Crippen molar-refractivity contribution >= 4 is 11.9 Å². The Hall–Kier alpha value is -2.83. The van der Waals surface area contributed by atoms with Gasteiger partial charge in [0.2, 0.25) is 5.91 Å². The molecule has 0 spiro atoms. The van der Waals surface area contributed by atoms with Crippen molar-refractivity contribution in [3.63, 3.8) is 0 Å². The van der Waals surface area contributed by atoms with Gasteiger partial charge < -0.3 is 19.3 Å². The minimum Gasteiger partial charge on any atom is -0.497 e. The van der Waals surface area contributed by atoms with Gasteiger partial charge in [0.1, 0.15) is 11.7 Å². The summed E-state index contributed by atoms with van der Waals surface area (Å²) in [5.74, 6) is -1.13. The van der Waals surface area contributed by atoms with E-state index in [4.69, 9.17) is 4.74 Å². The molecule has 1 aromatic heterocycles. The van der Waals surface area contributed by atoms with Gasteiger partial charge in [0.05, 0.1) is 37.8 Å². The van der Waals surface area contributed by atoms with Crippen LogP contribution in [0, 0.1) is 0 Å². The summed E-state index contributed by atoms with van der Waals surface area (Å²) in [7, 11) is 3.35. The number of carbonyl (C=O) groups is 2. The van der Waals surface area contributed by atoms with Gasteiger partial charge in [-0.15, -0.1) is 0 Å². The first-order valence-electron chi connectivity index (χ1n) is 7.63. The van der Waals surface area contributed by atoms with Gasteiger partial charge in [0, 0.05) is 13.6 Å². The van der Waals surface area contributed by atoms with Crippen LogP contribution in [0.2, 0.25) is 0 Å². The smallest absolute Gasteiger partial charge is 0.314 e. The van der Waals surface area contributed by atoms with Gasteiger partial charge in [0.25, 0.3) is 0 Å². The Labute approximate surface area is 139 Å². The first-order valence-corrected chi connectivity index (χ1v) is 7.63. The SMILES string of the molecule is COc1cccc(CC(=O)N2Cc3ncn(C)c3C(C(=O)O)C2)c1. The minimum absolute atomic E-state index is 0.120. The summed E-state index contributed by atoms with van der Waals surface area (Å²) < 4.78 is 6.88. The molecule has 1 N–H and O–H groups in total. The molecule has 24 heavy (non-hydrogen) atoms. The number of hydrogen-bond acceptors (Lipinski definition) is 4. The second-order valence-corrected chi connectivity index (χ2v) is 5.88. The number of ether oxygens (including phenoxy) is 1. The summed E-state index contributed by atoms with van der Waals surface area (Å²) in [4.78, 5) is 30.0. The molecule has 0 fully saturated rings. The molecule has 126 valence electrons. The van der Waals surface area contributed by atoms with E-state index >= 15 is 0 Å². The van der Waals surface area contributed by atoms with E-state index in [9.17, 15) is 14.7 Å². The number of imidazole rings is 1. The maximum Gasteiger partial charge on any atom is 0.314 e. The largest absolute Gasteiger partial charge is 0.497 e. The van der Waals surface area contributed by atoms with Crippen LogP contribution in [0.4, 0.5) is 0 Å². The van der Waals surface area contributed by atoms with Crippen molar-refractivity contribution in [3.8, 4) is 5.75 Å². The number of aryl methyl sites for hydroxylation is 1. The first-order chi connectivity index (χ1) is 11.5. The fourth-order valence-corrected chi connectivity index (χ4v) is 3.06. The van der Waals surface area contributed by atoms with Gasteiger partial charge in [-0.25, -0.2) is 4.98 Å². The number of aliphatic carboxylic acids is 1. The average molecular weight is 329 g/mol. The summed E-state index contributed by atoms with van der Waals surface area (Å²) >= 11 is 0. The van der Waals surface area contributed by atoms with Crippen LogP contribution in [0.3, 0.4) is 0 Å². The normalized spacial score (nSPS) is 16.6. The highest BCUT2D eigenvalue weighted by atomic mass is 16.5. The summed E-state index contributed by atoms with van der Waals surface area (Å²) in [6.45, 7) is 0.493. The van der Waals surface area contributed by atoms with E-state index in [2.05, 4.69) is 4.98 Å². The minimum atomic E-state index is -0.946. The van der Waals surface area contributed by atoms with Crippen LogP contribution < -0.4 is 4.74 Å². The molecule has 1 aliphatic heterocycles. The number of carbonyl (C=O) groups excluding carboxylic acids is 1. The number of fused-ring (bicyclic) bond motifs is 1. The van der Waals surface area contributed by atoms with Crippen molar-refractivity contribution < 1.29 is 19.4 Å². The van der Waals surface area contributed by atoms with E-state index in [1.54, 1.807) is 30.0 Å². The quantitative estimate of drug-likeness (QED) is 0.910. The summed E-state index contributed by atoms with van der Waals surface area (Å²) in [5, 5.41) is 9.49. The van der Waals surface area contributed by atoms with Gasteiger partial charge >= 0.3 is 5.97 Å². The van der Waals surface area contributed by atoms with Crippen LogP contribution in [0.25, 0.3) is 0 Å². The van der Waals surface area contributed by atoms with Crippen molar-refractivity contribution in [2.24, 2.45) is 7.05 Å². The topological polar surface area (TPSA) is 84.7 Å². The molecule has 1 unspecified atom stereocenters. The molecule has 0 saturated carbocycles. The van der Waals surface area contributed by atoms with Crippen LogP contribution >= 0.6 is 0 Å². The zero-order valence-electron chi connectivity index (χ0n) is 13.6. The summed E-state index contributed by atoms with van der Waals surface area (Å²) in [6.07, 6.45) is 1.79. The standard InChI is InChI=1S/C17H19N3O4/c1-19-10-18-14-9-20(8-13(16(14)19)17(22)23)15(21)7-11-4-3-5-12(6-11)24-2/h3-6,10,13H,7-9H2,1-2H3,(H,22,23). The predicted molar refractivity (Wildman–Crippen MR) is 85.7 cm³/mol. The molecule has 1 amide bonds. The van der Waals surface area contributed by atoms with Crippen LogP contribution in [0.5, 0.6) is 5.75 Å². The second-order valence-electron chi connectivity index (χ2n) is 5.88. The van der Waals surface area contributed by atoms with E-state index in [1.807, 2.05) is 24.3 Å². The van der Waals surface area contributed by atoms with E-state index in [-0.39, 0.29) is 18.9 Å². The van der Waals surface area contributed by atoms with Gasteiger partial charge in [-0.1, -0.05) is 12.1 Å². The number of amides is 1. The van der Waals surface area contributed by atoms with Crippen molar-refractivity contribution in [1.29, 1.82) is 0 Å². The molecule has 1 atom stereocenters. The number of benzene rings is 1. The number of carboxylic acids is 1. The molecule has 0 bridgehead atoms. The fourth-order valence-electron chi connectivity index (χ4n) is 3.06. The molecule has 2 aromatic rings. The van der Waals surface area contributed by atoms with Gasteiger partial charge in [-0.3, -0.25) is 9.59 Å². The number of aromatic nitrogens is 2. The monoisotopic (exact) mass is 329 g/mol. The summed E-state index contributed by atoms with van der Waals surface area (Å²) in [6, 6.07) is 7.30. The molecular formula is C17H19N3O4. The molecule has 1 aliphatic rings. The average Bonchev–Trinajstić information content (AvgIpc) is 2.95. The lowest BCUT2D eigenvalue weighted by Crippen LogP contribution is -2.41. The lowest BCUT2D eigenvalue weighted by atomic mass is 9.97. The Morgan fingerprint density at radius 1 is 1.42 bits per heavy atom. The maximum absolute atomic E-state index is 12.6. The Morgan fingerprint density at radius 3 is 2.92 bits per heavy atom. The van der Waals surface area contributed by atoms with Crippen molar-refractivity contribution in [2.75, 3.05) is 13.7 Å². The summed E-state index contributed by atoms with van der Waals surface area (Å²) in [5.41, 5.74) is 2.15. The van der Waals surface area contributed by atoms with Crippen LogP contribution in [0.15, 0.2) is 30.6 Å². The lowest BCUT2D eigenvalue weighted by Gasteiger charge is -2.31. The van der Waals surface area contributed by atoms with Crippen LogP contribution in [0.1, 0.15) is 22.9 Å². The molecule has 7 heteroatoms. The molecule has 3 rings (SSSR count). The third-order valence-corrected chi connectivity index (χ3v) is 4.28. The molecule has 2 heterocycles. The lowest BCUT2D eigenvalue weighted by molar-refractivity contribution is -0.141. The van der Waals surface area contributed by atoms with Gasteiger partial charge in [-0.2, -0.15) is 0 Å². The number of nitrogens with zero attached hydrogens (tertiary/aromatic N) is 3. The highest BCUT2D eigenvalue weighted by Crippen LogP contribution is 2.28. The Balaban J connectivity index is 1.80. The second kappa shape index (κ2) is 6.35. The zero-order chi connectivity index (χ0) is 17.3. The Morgan fingerprint density at radius 2 is 2.21 bits per heavy atom. The maximum atomic E-state index is 12.6. The third-order valence-electron chi connectivity index (χ3n) is 4.28. The van der Waals surface area contributed by atoms with Crippen molar-refractivity contribution in [2.45, 2.75) is 18.9 Å². The zero-order valence-corrected chi connectivity index (χ0v) is 13.6. The Kier molecular flexibility index (Phi) is 4.24. The van der Waals surface area contributed by atoms with Crippen molar-refractivity contribution in [3.05, 3.63) is 47.5 Å². The van der Waals surface area contributed by atoms with Gasteiger partial charge in [-0.05, 0) is 17.7 Å². The predicted octanol–water partition coefficient (Wildman–Crippen LogP) is 1.18. The molecular weight excluding hydrogens is 310 g/mol. The number of methoxy groups -OCH3 is 1. The fraction of sp³-hybridized carbons (Fsp3) is 0.353. The molecule has 0 aliphatic carbocycles. The molecule has 7 nitrogen and oxygen atoms in total. The molecule has 0 saturated heterocycles. The number of rotatable bonds is 4. The van der Waals surface area contributed by atoms with E-state index < -0.39 is 11.9 Å². The van der Waals surface area contributed by atoms with E-state index in [1.165, 1.54) is 0 Å². The highest BCUT2D eigenvalue weighted by molar-refractivity contribution is 5.82. The number of carboxylic acid groups (broad SMARTS) is 1. The first kappa shape index (κ1) is 16.0. The van der Waals surface area contributed by atoms with Crippen molar-refractivity contribution in [1.82, 2.24) is 14.5 Å². The molecule has 1 aromatic carbocycles. The Bertz CT molecular complexity index is 784. The van der Waals surface area contributed by atoms with Crippen LogP contribution in [-0.4, -0.2) is 45.1 Å². The number of hydrogen-bond donors (Lipinski definition) is 1. The highest BCUT2D eigenvalue weighted by Gasteiger charge is 2.35. The van der Waals surface area contributed by atoms with E-state index in [0.717, 1.165) is 5.56 Å². The van der Waals surface area contributed by atoms with Gasteiger partial charge in [0.15, 0.2) is 0 Å². The van der Waals surface area contributed by atoms with E-state index in [0.29, 0.717) is 23.7 Å².